The van der Waals surface area contributed by atoms with E-state index in [9.17, 15) is 9.59 Å². The highest BCUT2D eigenvalue weighted by Crippen LogP contribution is 1.97. The smallest absolute Gasteiger partial charge is 0.336 e. The number of benzene rings is 1. The second-order valence-corrected chi connectivity index (χ2v) is 3.40. The Balaban J connectivity index is 4.05. The highest BCUT2D eigenvalue weighted by Gasteiger charge is 2.12. The van der Waals surface area contributed by atoms with Crippen LogP contribution in [0.25, 0.3) is 11.6 Å². The molecular formula is C14H12O4. The van der Waals surface area contributed by atoms with Crippen molar-refractivity contribution in [3.63, 3.8) is 0 Å². The highest BCUT2D eigenvalue weighted by molar-refractivity contribution is 6.13. The van der Waals surface area contributed by atoms with Gasteiger partial charge in [-0.2, -0.15) is 0 Å². The van der Waals surface area contributed by atoms with Gasteiger partial charge in [-0.1, -0.05) is 43.5 Å². The predicted molar refractivity (Wildman–Crippen MR) is 68.6 cm³/mol. The first kappa shape index (κ1) is 13.4. The molecule has 1 aromatic carbocycles. The van der Waals surface area contributed by atoms with E-state index in [2.05, 4.69) is 13.2 Å². The molecular weight excluding hydrogens is 232 g/mol. The zero-order valence-electron chi connectivity index (χ0n) is 9.59. The van der Waals surface area contributed by atoms with E-state index in [0.29, 0.717) is 5.22 Å². The van der Waals surface area contributed by atoms with Gasteiger partial charge in [-0.05, 0) is 11.3 Å². The van der Waals surface area contributed by atoms with Crippen LogP contribution >= 0.6 is 0 Å². The van der Waals surface area contributed by atoms with Gasteiger partial charge in [0.2, 0.25) is 0 Å². The van der Waals surface area contributed by atoms with Gasteiger partial charge < -0.3 is 10.2 Å². The molecule has 0 spiro atoms. The number of carboxylic acid groups (broad SMARTS) is 2. The highest BCUT2D eigenvalue weighted by atomic mass is 16.4. The molecule has 1 rings (SSSR count). The van der Waals surface area contributed by atoms with E-state index in [1.165, 1.54) is 12.1 Å². The molecule has 2 N–H and O–H groups in total. The van der Waals surface area contributed by atoms with Gasteiger partial charge in [0.15, 0.2) is 0 Å². The van der Waals surface area contributed by atoms with Crippen LogP contribution in [0.3, 0.4) is 0 Å². The lowest BCUT2D eigenvalue weighted by atomic mass is 10.0. The summed E-state index contributed by atoms with van der Waals surface area (Å²) >= 11 is 0. The summed E-state index contributed by atoms with van der Waals surface area (Å²) in [5.74, 6) is -2.41. The van der Waals surface area contributed by atoms with E-state index in [0.717, 1.165) is 6.08 Å². The van der Waals surface area contributed by atoms with Crippen molar-refractivity contribution in [2.45, 2.75) is 0 Å². The maximum Gasteiger partial charge on any atom is 0.336 e. The molecule has 0 fully saturated rings. The fourth-order valence-corrected chi connectivity index (χ4v) is 1.61. The molecule has 0 radical (unpaired) electrons. The molecule has 4 heteroatoms. The number of hydrogen-bond donors (Lipinski definition) is 2. The summed E-state index contributed by atoms with van der Waals surface area (Å²) in [4.78, 5) is 22.3. The monoisotopic (exact) mass is 244 g/mol. The number of aliphatic carboxylic acids is 1. The van der Waals surface area contributed by atoms with Gasteiger partial charge in [0.1, 0.15) is 0 Å². The number of carboxylic acids is 2. The van der Waals surface area contributed by atoms with Crippen LogP contribution in [-0.2, 0) is 4.79 Å². The SMILES string of the molecule is C=C/C=c1/cccc(C(=O)O)/c1=C(/C=C)C(=O)O. The Hall–Kier alpha value is -2.62. The molecule has 0 unspecified atom stereocenters. The van der Waals surface area contributed by atoms with Gasteiger partial charge in [-0.3, -0.25) is 0 Å². The lowest BCUT2D eigenvalue weighted by Gasteiger charge is -2.01. The number of allylic oxidation sites excluding steroid dienone is 1. The van der Waals surface area contributed by atoms with Crippen molar-refractivity contribution in [1.29, 1.82) is 0 Å². The third-order valence-electron chi connectivity index (χ3n) is 2.33. The summed E-state index contributed by atoms with van der Waals surface area (Å²) in [6.45, 7) is 6.93. The molecule has 0 amide bonds. The summed E-state index contributed by atoms with van der Waals surface area (Å²) in [5, 5.41) is 18.8. The number of carbonyl (C=O) groups is 2. The molecule has 1 aromatic rings. The molecule has 0 aliphatic carbocycles. The average Bonchev–Trinajstić information content (AvgIpc) is 2.31. The summed E-state index contributed by atoms with van der Waals surface area (Å²) in [5.41, 5.74) is -0.232. The lowest BCUT2D eigenvalue weighted by Crippen LogP contribution is -2.34. The van der Waals surface area contributed by atoms with E-state index >= 15 is 0 Å². The molecule has 4 nitrogen and oxygen atoms in total. The Morgan fingerprint density at radius 3 is 2.28 bits per heavy atom. The Morgan fingerprint density at radius 2 is 1.83 bits per heavy atom. The van der Waals surface area contributed by atoms with Crippen LogP contribution in [0.5, 0.6) is 0 Å². The molecule has 0 aliphatic rings. The Bertz CT molecular complexity index is 638. The van der Waals surface area contributed by atoms with Gasteiger partial charge in [0, 0.05) is 5.22 Å². The zero-order valence-corrected chi connectivity index (χ0v) is 9.59. The van der Waals surface area contributed by atoms with Crippen molar-refractivity contribution in [3.05, 3.63) is 59.5 Å². The minimum Gasteiger partial charge on any atom is -0.478 e. The first-order valence-electron chi connectivity index (χ1n) is 5.08. The first-order valence-corrected chi connectivity index (χ1v) is 5.08. The van der Waals surface area contributed by atoms with E-state index in [4.69, 9.17) is 10.2 Å². The van der Waals surface area contributed by atoms with Crippen molar-refractivity contribution in [3.8, 4) is 0 Å². The zero-order chi connectivity index (χ0) is 13.7. The predicted octanol–water partition coefficient (Wildman–Crippen LogP) is 0.773. The van der Waals surface area contributed by atoms with E-state index in [-0.39, 0.29) is 16.4 Å². The van der Waals surface area contributed by atoms with E-state index < -0.39 is 11.9 Å². The Labute approximate surface area is 104 Å². The van der Waals surface area contributed by atoms with Crippen LogP contribution in [-0.4, -0.2) is 22.2 Å². The van der Waals surface area contributed by atoms with E-state index in [1.807, 2.05) is 0 Å². The van der Waals surface area contributed by atoms with Crippen molar-refractivity contribution in [2.24, 2.45) is 0 Å². The van der Waals surface area contributed by atoms with Crippen LogP contribution in [0.15, 0.2) is 43.5 Å². The van der Waals surface area contributed by atoms with E-state index in [1.54, 1.807) is 18.2 Å². The van der Waals surface area contributed by atoms with Crippen molar-refractivity contribution < 1.29 is 19.8 Å². The van der Waals surface area contributed by atoms with Crippen molar-refractivity contribution >= 4 is 23.6 Å². The summed E-state index contributed by atoms with van der Waals surface area (Å²) < 4.78 is 0. The fourth-order valence-electron chi connectivity index (χ4n) is 1.61. The fraction of sp³-hybridized carbons (Fsp3) is 0. The Morgan fingerprint density at radius 1 is 1.17 bits per heavy atom. The normalized spacial score (nSPS) is 12.8. The molecule has 0 heterocycles. The van der Waals surface area contributed by atoms with Crippen LogP contribution in [0.4, 0.5) is 0 Å². The maximum absolute atomic E-state index is 11.1. The maximum atomic E-state index is 11.1. The van der Waals surface area contributed by atoms with Crippen LogP contribution in [0, 0.1) is 0 Å². The van der Waals surface area contributed by atoms with Crippen LogP contribution in [0.2, 0.25) is 0 Å². The molecule has 0 aliphatic heterocycles. The Kier molecular flexibility index (Phi) is 4.21. The third kappa shape index (κ3) is 2.55. The quantitative estimate of drug-likeness (QED) is 0.820. The lowest BCUT2D eigenvalue weighted by molar-refractivity contribution is -0.130. The van der Waals surface area contributed by atoms with Gasteiger partial charge in [0.25, 0.3) is 0 Å². The van der Waals surface area contributed by atoms with Crippen LogP contribution in [0.1, 0.15) is 10.4 Å². The first-order chi connectivity index (χ1) is 8.52. The minimum absolute atomic E-state index is 0.0806. The summed E-state index contributed by atoms with van der Waals surface area (Å²) in [7, 11) is 0. The van der Waals surface area contributed by atoms with Crippen molar-refractivity contribution in [1.82, 2.24) is 0 Å². The van der Waals surface area contributed by atoms with Gasteiger partial charge >= 0.3 is 11.9 Å². The third-order valence-corrected chi connectivity index (χ3v) is 2.33. The molecule has 0 atom stereocenters. The van der Waals surface area contributed by atoms with Gasteiger partial charge in [-0.15, -0.1) is 0 Å². The molecule has 18 heavy (non-hydrogen) atoms. The molecule has 0 bridgehead atoms. The number of hydrogen-bond acceptors (Lipinski definition) is 2. The van der Waals surface area contributed by atoms with Crippen molar-refractivity contribution in [2.75, 3.05) is 0 Å². The standard InChI is InChI=1S/C14H12O4/c1-3-6-9-7-5-8-11(14(17)18)12(9)10(4-2)13(15)16/h3-8H,1-2H2,(H,15,16)(H,17,18)/b9-6-,12-10-. The minimum atomic E-state index is -1.22. The summed E-state index contributed by atoms with van der Waals surface area (Å²) in [6, 6.07) is 4.52. The second kappa shape index (κ2) is 5.63. The topological polar surface area (TPSA) is 74.6 Å². The number of rotatable bonds is 4. The number of aromatic carboxylic acids is 1. The molecule has 0 saturated carbocycles. The van der Waals surface area contributed by atoms with Gasteiger partial charge in [-0.25, -0.2) is 9.59 Å². The summed E-state index contributed by atoms with van der Waals surface area (Å²) in [6.07, 6.45) is 4.14. The van der Waals surface area contributed by atoms with Crippen LogP contribution < -0.4 is 10.4 Å². The second-order valence-electron chi connectivity index (χ2n) is 3.40. The molecule has 0 saturated heterocycles. The van der Waals surface area contributed by atoms with Gasteiger partial charge in [0.05, 0.1) is 11.1 Å². The largest absolute Gasteiger partial charge is 0.478 e. The average molecular weight is 244 g/mol. The molecule has 92 valence electrons. The molecule has 0 aromatic heterocycles.